The van der Waals surface area contributed by atoms with Crippen molar-refractivity contribution in [1.29, 1.82) is 0 Å². The molecule has 1 unspecified atom stereocenters. The predicted octanol–water partition coefficient (Wildman–Crippen LogP) is 5.31. The lowest BCUT2D eigenvalue weighted by atomic mass is 9.84. The summed E-state index contributed by atoms with van der Waals surface area (Å²) in [7, 11) is 3.21. The van der Waals surface area contributed by atoms with E-state index in [0.717, 1.165) is 42.9 Å². The number of fused-ring (bicyclic) bond motifs is 2. The second kappa shape index (κ2) is 7.49. The van der Waals surface area contributed by atoms with Crippen molar-refractivity contribution in [2.75, 3.05) is 14.2 Å². The van der Waals surface area contributed by atoms with E-state index in [1.807, 2.05) is 45.9 Å². The van der Waals surface area contributed by atoms with Crippen LogP contribution in [0, 0.1) is 12.3 Å². The first kappa shape index (κ1) is 20.5. The minimum absolute atomic E-state index is 0.332. The molecule has 2 heterocycles. The van der Waals surface area contributed by atoms with Crippen LogP contribution in [0.4, 0.5) is 0 Å². The Hall–Kier alpha value is -2.77. The summed E-state index contributed by atoms with van der Waals surface area (Å²) >= 11 is 1.55. The van der Waals surface area contributed by atoms with Gasteiger partial charge in [0.2, 0.25) is 5.88 Å². The lowest BCUT2D eigenvalue weighted by Crippen LogP contribution is -2.18. The van der Waals surface area contributed by atoms with Gasteiger partial charge in [-0.1, -0.05) is 20.8 Å². The SMILES string of the molecule is COc1cc(C(O)C(C)(C)C)c2nc(-c3cc(C)cc4nc(OC)cnc34)sc2c1. The van der Waals surface area contributed by atoms with Gasteiger partial charge in [0.15, 0.2) is 0 Å². The smallest absolute Gasteiger partial charge is 0.232 e. The first-order valence-corrected chi connectivity index (χ1v) is 10.5. The van der Waals surface area contributed by atoms with Crippen LogP contribution in [0.2, 0.25) is 0 Å². The van der Waals surface area contributed by atoms with E-state index in [2.05, 4.69) is 16.0 Å². The standard InChI is InChI=1S/C23H25N3O3S/c1-12-7-15(19-16(8-12)25-18(29-6)11-24-19)22-26-20-14(21(27)23(2,3)4)9-13(28-5)10-17(20)30-22/h7-11,21,27H,1-6H3. The lowest BCUT2D eigenvalue weighted by molar-refractivity contribution is 0.0636. The molecular formula is C23H25N3O3S. The second-order valence-electron chi connectivity index (χ2n) is 8.44. The highest BCUT2D eigenvalue weighted by molar-refractivity contribution is 7.21. The van der Waals surface area contributed by atoms with E-state index in [1.165, 1.54) is 0 Å². The molecule has 30 heavy (non-hydrogen) atoms. The van der Waals surface area contributed by atoms with E-state index in [9.17, 15) is 5.11 Å². The number of nitrogens with zero attached hydrogens (tertiary/aromatic N) is 3. The molecule has 0 saturated carbocycles. The highest BCUT2D eigenvalue weighted by Gasteiger charge is 2.28. The second-order valence-corrected chi connectivity index (χ2v) is 9.47. The van der Waals surface area contributed by atoms with Gasteiger partial charge in [-0.05, 0) is 42.2 Å². The average molecular weight is 424 g/mol. The van der Waals surface area contributed by atoms with Crippen LogP contribution in [-0.2, 0) is 0 Å². The molecule has 0 aliphatic heterocycles. The molecule has 2 aromatic heterocycles. The molecule has 0 saturated heterocycles. The first-order chi connectivity index (χ1) is 14.2. The van der Waals surface area contributed by atoms with E-state index >= 15 is 0 Å². The van der Waals surface area contributed by atoms with Gasteiger partial charge in [-0.3, -0.25) is 0 Å². The van der Waals surface area contributed by atoms with Crippen molar-refractivity contribution in [2.24, 2.45) is 5.41 Å². The van der Waals surface area contributed by atoms with Crippen molar-refractivity contribution in [3.63, 3.8) is 0 Å². The Bertz CT molecular complexity index is 1240. The van der Waals surface area contributed by atoms with Crippen LogP contribution in [0.15, 0.2) is 30.5 Å². The maximum atomic E-state index is 11.0. The fourth-order valence-electron chi connectivity index (χ4n) is 3.45. The fraction of sp³-hybridized carbons (Fsp3) is 0.348. The zero-order chi connectivity index (χ0) is 21.6. The molecule has 0 spiro atoms. The van der Waals surface area contributed by atoms with Gasteiger partial charge in [0.25, 0.3) is 0 Å². The number of aliphatic hydroxyl groups excluding tert-OH is 1. The Morgan fingerprint density at radius 3 is 2.43 bits per heavy atom. The van der Waals surface area contributed by atoms with Gasteiger partial charge < -0.3 is 14.6 Å². The molecule has 6 nitrogen and oxygen atoms in total. The maximum Gasteiger partial charge on any atom is 0.232 e. The normalized spacial score (nSPS) is 13.0. The number of benzene rings is 2. The van der Waals surface area contributed by atoms with Crippen molar-refractivity contribution in [3.05, 3.63) is 41.6 Å². The third kappa shape index (κ3) is 3.59. The minimum atomic E-state index is -0.677. The van der Waals surface area contributed by atoms with E-state index in [4.69, 9.17) is 14.5 Å². The van der Waals surface area contributed by atoms with Gasteiger partial charge >= 0.3 is 0 Å². The largest absolute Gasteiger partial charge is 0.497 e. The summed E-state index contributed by atoms with van der Waals surface area (Å²) in [6, 6.07) is 7.89. The van der Waals surface area contributed by atoms with Gasteiger partial charge in [0.05, 0.1) is 47.8 Å². The number of methoxy groups -OCH3 is 2. The molecule has 0 amide bonds. The van der Waals surface area contributed by atoms with E-state index in [-0.39, 0.29) is 5.41 Å². The predicted molar refractivity (Wildman–Crippen MR) is 120 cm³/mol. The van der Waals surface area contributed by atoms with Crippen LogP contribution in [0.3, 0.4) is 0 Å². The summed E-state index contributed by atoms with van der Waals surface area (Å²) in [6.07, 6.45) is 0.940. The molecule has 7 heteroatoms. The van der Waals surface area contributed by atoms with Gasteiger partial charge in [0.1, 0.15) is 10.8 Å². The van der Waals surface area contributed by atoms with Gasteiger partial charge in [0, 0.05) is 11.1 Å². The summed E-state index contributed by atoms with van der Waals surface area (Å²) in [5.41, 5.74) is 4.73. The zero-order valence-corrected chi connectivity index (χ0v) is 18.8. The molecule has 1 N–H and O–H groups in total. The molecular weight excluding hydrogens is 398 g/mol. The van der Waals surface area contributed by atoms with Crippen LogP contribution < -0.4 is 9.47 Å². The van der Waals surface area contributed by atoms with Crippen molar-refractivity contribution in [1.82, 2.24) is 15.0 Å². The molecule has 0 radical (unpaired) electrons. The van der Waals surface area contributed by atoms with Gasteiger partial charge in [-0.15, -0.1) is 11.3 Å². The quantitative estimate of drug-likeness (QED) is 0.479. The Morgan fingerprint density at radius 1 is 1.00 bits per heavy atom. The van der Waals surface area contributed by atoms with Gasteiger partial charge in [-0.2, -0.15) is 0 Å². The minimum Gasteiger partial charge on any atom is -0.497 e. The molecule has 0 aliphatic rings. The lowest BCUT2D eigenvalue weighted by Gasteiger charge is -2.26. The number of hydrogen-bond donors (Lipinski definition) is 1. The number of aromatic nitrogens is 3. The fourth-order valence-corrected chi connectivity index (χ4v) is 4.49. The molecule has 0 aliphatic carbocycles. The number of thiazole rings is 1. The molecule has 2 aromatic carbocycles. The third-order valence-electron chi connectivity index (χ3n) is 5.06. The number of aliphatic hydroxyl groups is 1. The van der Waals surface area contributed by atoms with Crippen molar-refractivity contribution < 1.29 is 14.6 Å². The average Bonchev–Trinajstić information content (AvgIpc) is 3.14. The summed E-state index contributed by atoms with van der Waals surface area (Å²) in [4.78, 5) is 14.0. The van der Waals surface area contributed by atoms with Crippen LogP contribution in [0.1, 0.15) is 38.0 Å². The summed E-state index contributed by atoms with van der Waals surface area (Å²) in [6.45, 7) is 8.04. The number of hydrogen-bond acceptors (Lipinski definition) is 7. The highest BCUT2D eigenvalue weighted by atomic mass is 32.1. The van der Waals surface area contributed by atoms with Crippen molar-refractivity contribution in [2.45, 2.75) is 33.8 Å². The summed E-state index contributed by atoms with van der Waals surface area (Å²) in [5, 5.41) is 11.8. The molecule has 4 aromatic rings. The van der Waals surface area contributed by atoms with Gasteiger partial charge in [-0.25, -0.2) is 15.0 Å². The molecule has 156 valence electrons. The van der Waals surface area contributed by atoms with Crippen LogP contribution in [0.25, 0.3) is 31.8 Å². The topological polar surface area (TPSA) is 77.4 Å². The Morgan fingerprint density at radius 2 is 1.77 bits per heavy atom. The Balaban J connectivity index is 1.97. The first-order valence-electron chi connectivity index (χ1n) is 9.69. The third-order valence-corrected chi connectivity index (χ3v) is 6.09. The Kier molecular flexibility index (Phi) is 5.11. The number of ether oxygens (including phenoxy) is 2. The highest BCUT2D eigenvalue weighted by Crippen LogP contribution is 2.42. The van der Waals surface area contributed by atoms with Crippen LogP contribution in [0.5, 0.6) is 11.6 Å². The van der Waals surface area contributed by atoms with Crippen molar-refractivity contribution in [3.8, 4) is 22.2 Å². The summed E-state index contributed by atoms with van der Waals surface area (Å²) in [5.74, 6) is 1.18. The van der Waals surface area contributed by atoms with Crippen LogP contribution in [-0.4, -0.2) is 34.3 Å². The Labute approximate surface area is 179 Å². The molecule has 4 rings (SSSR count). The van der Waals surface area contributed by atoms with E-state index in [0.29, 0.717) is 11.6 Å². The maximum absolute atomic E-state index is 11.0. The molecule has 1 atom stereocenters. The number of rotatable bonds is 4. The zero-order valence-electron chi connectivity index (χ0n) is 18.0. The summed E-state index contributed by atoms with van der Waals surface area (Å²) < 4.78 is 11.7. The number of aryl methyl sites for hydroxylation is 1. The van der Waals surface area contributed by atoms with Crippen LogP contribution >= 0.6 is 11.3 Å². The van der Waals surface area contributed by atoms with E-state index in [1.54, 1.807) is 31.8 Å². The molecule has 0 fully saturated rings. The van der Waals surface area contributed by atoms with E-state index < -0.39 is 6.10 Å². The van der Waals surface area contributed by atoms with Crippen molar-refractivity contribution >= 4 is 32.6 Å². The monoisotopic (exact) mass is 423 g/mol. The molecule has 0 bridgehead atoms.